The molecule has 35 heavy (non-hydrogen) atoms. The summed E-state index contributed by atoms with van der Waals surface area (Å²) in [7, 11) is 0. The number of esters is 1. The number of carbonyl (C=O) groups excluding carboxylic acids is 2. The molecule has 2 unspecified atom stereocenters. The summed E-state index contributed by atoms with van der Waals surface area (Å²) in [4.78, 5) is 26.0. The van der Waals surface area contributed by atoms with Gasteiger partial charge in [0.05, 0.1) is 13.1 Å². The summed E-state index contributed by atoms with van der Waals surface area (Å²) < 4.78 is 39.1. The molecule has 4 fully saturated rings. The molecular formula is C23H28BrF2N3O5S. The Bertz CT molecular complexity index is 1030. The standard InChI is InChI=1S/C23H27F2N3O5S.BrH/c24-22(25)6-1-16(11-22)23(31,17-5-10-34-14-17)21(30)33-18-12-28(7-2-15(18)3-8-28)13-20(29)26-19-4-9-32-27-19;/h4-5,9-10,14-16,18,31H,1-3,6-8,11-13H2;1H/t15?,16?,18?,23-,28?;/m1./s1. The summed E-state index contributed by atoms with van der Waals surface area (Å²) in [6.45, 7) is 2.23. The monoisotopic (exact) mass is 575 g/mol. The summed E-state index contributed by atoms with van der Waals surface area (Å²) in [6.07, 6.45) is 1.60. The molecule has 12 heteroatoms. The number of thiophene rings is 1. The van der Waals surface area contributed by atoms with Gasteiger partial charge in [0.1, 0.15) is 12.8 Å². The molecule has 3 aliphatic heterocycles. The number of quaternary nitrogens is 1. The second-order valence-corrected chi connectivity index (χ2v) is 10.7. The maximum absolute atomic E-state index is 14.0. The van der Waals surface area contributed by atoms with Crippen molar-refractivity contribution in [1.29, 1.82) is 0 Å². The average Bonchev–Trinajstić information content (AvgIpc) is 3.56. The fourth-order valence-corrected chi connectivity index (χ4v) is 6.58. The molecule has 2 bridgehead atoms. The van der Waals surface area contributed by atoms with Crippen LogP contribution in [0.15, 0.2) is 33.7 Å². The number of amides is 1. The van der Waals surface area contributed by atoms with Crippen LogP contribution < -0.4 is 22.3 Å². The van der Waals surface area contributed by atoms with Crippen LogP contribution in [-0.2, 0) is 19.9 Å². The van der Waals surface area contributed by atoms with Crippen molar-refractivity contribution in [2.24, 2.45) is 11.8 Å². The third-order valence-corrected chi connectivity index (χ3v) is 8.43. The number of aliphatic hydroxyl groups is 1. The van der Waals surface area contributed by atoms with Gasteiger partial charge in [0, 0.05) is 49.1 Å². The molecule has 1 amide bonds. The van der Waals surface area contributed by atoms with Crippen LogP contribution in [0.5, 0.6) is 0 Å². The molecule has 1 aliphatic carbocycles. The van der Waals surface area contributed by atoms with Gasteiger partial charge in [0.15, 0.2) is 24.1 Å². The fraction of sp³-hybridized carbons (Fsp3) is 0.609. The summed E-state index contributed by atoms with van der Waals surface area (Å²) in [6, 6.07) is 3.16. The largest absolute Gasteiger partial charge is 1.00 e. The number of anilines is 1. The number of halogens is 3. The first-order valence-corrected chi connectivity index (χ1v) is 12.5. The van der Waals surface area contributed by atoms with Crippen LogP contribution in [-0.4, -0.2) is 64.8 Å². The van der Waals surface area contributed by atoms with E-state index in [1.807, 2.05) is 0 Å². The first-order valence-electron chi connectivity index (χ1n) is 11.6. The van der Waals surface area contributed by atoms with E-state index in [0.29, 0.717) is 22.4 Å². The number of piperidine rings is 3. The number of carbonyl (C=O) groups is 2. The molecule has 6 rings (SSSR count). The van der Waals surface area contributed by atoms with Crippen molar-refractivity contribution in [2.45, 2.75) is 49.7 Å². The third-order valence-electron chi connectivity index (χ3n) is 7.75. The summed E-state index contributed by atoms with van der Waals surface area (Å²) in [5.74, 6) is -4.43. The van der Waals surface area contributed by atoms with E-state index in [-0.39, 0.29) is 48.2 Å². The van der Waals surface area contributed by atoms with Crippen LogP contribution in [0, 0.1) is 11.8 Å². The Morgan fingerprint density at radius 2 is 2.09 bits per heavy atom. The highest BCUT2D eigenvalue weighted by atomic mass is 79.9. The normalized spacial score (nSPS) is 30.8. The molecule has 0 radical (unpaired) electrons. The number of hydrogen-bond acceptors (Lipinski definition) is 7. The Kier molecular flexibility index (Phi) is 7.38. The molecule has 0 spiro atoms. The minimum absolute atomic E-state index is 0. The van der Waals surface area contributed by atoms with Crippen molar-refractivity contribution < 1.29 is 54.2 Å². The van der Waals surface area contributed by atoms with Gasteiger partial charge >= 0.3 is 5.97 Å². The number of nitrogens with zero attached hydrogens (tertiary/aromatic N) is 2. The van der Waals surface area contributed by atoms with E-state index >= 15 is 0 Å². The molecule has 8 nitrogen and oxygen atoms in total. The van der Waals surface area contributed by atoms with Gasteiger partial charge in [-0.1, -0.05) is 5.16 Å². The highest BCUT2D eigenvalue weighted by molar-refractivity contribution is 7.08. The Balaban J connectivity index is 0.00000289. The van der Waals surface area contributed by atoms with Gasteiger partial charge in [0.25, 0.3) is 5.91 Å². The van der Waals surface area contributed by atoms with Crippen molar-refractivity contribution in [3.05, 3.63) is 34.7 Å². The van der Waals surface area contributed by atoms with Gasteiger partial charge < -0.3 is 41.1 Å². The quantitative estimate of drug-likeness (QED) is 0.360. The lowest BCUT2D eigenvalue weighted by Gasteiger charge is -2.51. The molecule has 192 valence electrons. The summed E-state index contributed by atoms with van der Waals surface area (Å²) in [5.41, 5.74) is -1.80. The molecule has 3 atom stereocenters. The Morgan fingerprint density at radius 3 is 2.69 bits per heavy atom. The predicted molar refractivity (Wildman–Crippen MR) is 118 cm³/mol. The molecular weight excluding hydrogens is 548 g/mol. The lowest BCUT2D eigenvalue weighted by atomic mass is 9.80. The van der Waals surface area contributed by atoms with Gasteiger partial charge in [-0.05, 0) is 23.2 Å². The van der Waals surface area contributed by atoms with Crippen LogP contribution in [0.25, 0.3) is 0 Å². The van der Waals surface area contributed by atoms with Gasteiger partial charge in [-0.15, -0.1) is 0 Å². The van der Waals surface area contributed by atoms with E-state index in [1.165, 1.54) is 17.6 Å². The number of fused-ring (bicyclic) bond motifs is 3. The van der Waals surface area contributed by atoms with Crippen molar-refractivity contribution in [2.75, 3.05) is 31.5 Å². The molecule has 2 N–H and O–H groups in total. The molecule has 2 aromatic heterocycles. The van der Waals surface area contributed by atoms with E-state index in [9.17, 15) is 23.5 Å². The van der Waals surface area contributed by atoms with Gasteiger partial charge in [0.2, 0.25) is 5.92 Å². The minimum atomic E-state index is -2.91. The second kappa shape index (κ2) is 9.87. The van der Waals surface area contributed by atoms with Crippen LogP contribution >= 0.6 is 11.3 Å². The number of rotatable bonds is 7. The number of ether oxygens (including phenoxy) is 1. The summed E-state index contributed by atoms with van der Waals surface area (Å²) in [5, 5.41) is 21.3. The number of nitrogens with one attached hydrogen (secondary N) is 1. The van der Waals surface area contributed by atoms with E-state index in [0.717, 1.165) is 25.9 Å². The molecule has 4 aliphatic rings. The maximum Gasteiger partial charge on any atom is 0.343 e. The number of aromatic nitrogens is 1. The van der Waals surface area contributed by atoms with E-state index in [1.54, 1.807) is 22.9 Å². The summed E-state index contributed by atoms with van der Waals surface area (Å²) >= 11 is 1.29. The lowest BCUT2D eigenvalue weighted by Crippen LogP contribution is -3.00. The highest BCUT2D eigenvalue weighted by Crippen LogP contribution is 2.49. The van der Waals surface area contributed by atoms with Crippen molar-refractivity contribution in [1.82, 2.24) is 5.16 Å². The van der Waals surface area contributed by atoms with Crippen molar-refractivity contribution in [3.63, 3.8) is 0 Å². The van der Waals surface area contributed by atoms with Gasteiger partial charge in [-0.2, -0.15) is 11.3 Å². The topological polar surface area (TPSA) is 102 Å². The van der Waals surface area contributed by atoms with Gasteiger partial charge in [-0.3, -0.25) is 4.79 Å². The van der Waals surface area contributed by atoms with E-state index < -0.39 is 35.9 Å². The van der Waals surface area contributed by atoms with Crippen molar-refractivity contribution >= 4 is 29.0 Å². The predicted octanol–water partition coefficient (Wildman–Crippen LogP) is 0.154. The smallest absolute Gasteiger partial charge is 0.343 e. The zero-order chi connectivity index (χ0) is 24.0. The van der Waals surface area contributed by atoms with Crippen LogP contribution in [0.4, 0.5) is 14.6 Å². The first-order chi connectivity index (χ1) is 16.2. The molecule has 3 saturated heterocycles. The van der Waals surface area contributed by atoms with Crippen molar-refractivity contribution in [3.8, 4) is 0 Å². The zero-order valence-corrected chi connectivity index (χ0v) is 21.4. The SMILES string of the molecule is O=C(C[N+]12CCC(CC1)C(OC(=O)[C@](O)(c1ccsc1)C1CCC(F)(F)C1)C2)Nc1ccon1.[Br-]. The first kappa shape index (κ1) is 26.2. The van der Waals surface area contributed by atoms with E-state index in [4.69, 9.17) is 9.26 Å². The lowest BCUT2D eigenvalue weighted by molar-refractivity contribution is -0.939. The average molecular weight is 576 g/mol. The Hall–Kier alpha value is -1.89. The van der Waals surface area contributed by atoms with Gasteiger partial charge in [-0.25, -0.2) is 13.6 Å². The highest BCUT2D eigenvalue weighted by Gasteiger charge is 2.56. The molecule has 2 aromatic rings. The number of alkyl halides is 2. The second-order valence-electron chi connectivity index (χ2n) is 9.92. The third kappa shape index (κ3) is 5.16. The number of hydrogen-bond donors (Lipinski definition) is 2. The zero-order valence-electron chi connectivity index (χ0n) is 19.0. The molecule has 0 aromatic carbocycles. The van der Waals surface area contributed by atoms with Crippen LogP contribution in [0.2, 0.25) is 0 Å². The maximum atomic E-state index is 14.0. The van der Waals surface area contributed by atoms with E-state index in [2.05, 4.69) is 10.5 Å². The molecule has 1 saturated carbocycles. The van der Waals surface area contributed by atoms with Crippen LogP contribution in [0.3, 0.4) is 0 Å². The fourth-order valence-electron chi connectivity index (χ4n) is 5.88. The van der Waals surface area contributed by atoms with Crippen LogP contribution in [0.1, 0.15) is 37.7 Å². The minimum Gasteiger partial charge on any atom is -1.00 e. The Morgan fingerprint density at radius 1 is 1.31 bits per heavy atom. The molecule has 5 heterocycles. The Labute approximate surface area is 216 Å².